The molecule has 1 unspecified atom stereocenters. The summed E-state index contributed by atoms with van der Waals surface area (Å²) < 4.78 is 5.26. The number of para-hydroxylation sites is 1. The summed E-state index contributed by atoms with van der Waals surface area (Å²) in [7, 11) is 0. The molecule has 0 bridgehead atoms. The Balaban J connectivity index is 1.79. The van der Waals surface area contributed by atoms with E-state index in [1.54, 1.807) is 12.1 Å². The predicted octanol–water partition coefficient (Wildman–Crippen LogP) is 3.50. The Morgan fingerprint density at radius 2 is 1.92 bits per heavy atom. The van der Waals surface area contributed by atoms with Crippen LogP contribution in [0, 0.1) is 17.2 Å². The van der Waals surface area contributed by atoms with Gasteiger partial charge >= 0.3 is 5.63 Å². The maximum Gasteiger partial charge on any atom is 0.354 e. The highest BCUT2D eigenvalue weighted by Gasteiger charge is 2.29. The molecule has 4 rings (SSSR count). The molecule has 3 aromatic rings. The zero-order valence-electron chi connectivity index (χ0n) is 13.6. The van der Waals surface area contributed by atoms with Crippen molar-refractivity contribution in [3.8, 4) is 6.07 Å². The maximum absolute atomic E-state index is 12.2. The minimum Gasteiger partial charge on any atom is -0.422 e. The van der Waals surface area contributed by atoms with Crippen LogP contribution in [0.1, 0.15) is 34.8 Å². The van der Waals surface area contributed by atoms with Crippen molar-refractivity contribution in [2.45, 2.75) is 25.4 Å². The first kappa shape index (κ1) is 15.6. The topological polar surface area (TPSA) is 74.2 Å². The highest BCUT2D eigenvalue weighted by Crippen LogP contribution is 2.37. The largest absolute Gasteiger partial charge is 0.422 e. The summed E-state index contributed by atoms with van der Waals surface area (Å²) in [6, 6.07) is 17.1. The van der Waals surface area contributed by atoms with Gasteiger partial charge in [0.25, 0.3) is 0 Å². The third kappa shape index (κ3) is 2.63. The standard InChI is InChI=1S/C21H17NO3/c22-12-18-17(16-7-3-4-8-19(16)25-21(18)24)11-14-10-9-13-5-1-2-6-15(13)20(14)23/h1-8,14,20,23H,9-11H2/t14?,20-/m0/s1. The molecule has 0 saturated carbocycles. The number of fused-ring (bicyclic) bond motifs is 2. The van der Waals surface area contributed by atoms with E-state index in [1.165, 1.54) is 5.56 Å². The molecular formula is C21H17NO3. The van der Waals surface area contributed by atoms with E-state index in [1.807, 2.05) is 42.5 Å². The van der Waals surface area contributed by atoms with Gasteiger partial charge in [-0.15, -0.1) is 0 Å². The molecule has 0 aliphatic heterocycles. The lowest BCUT2D eigenvalue weighted by molar-refractivity contribution is 0.0937. The van der Waals surface area contributed by atoms with Gasteiger partial charge in [0.15, 0.2) is 0 Å². The second kappa shape index (κ2) is 6.19. The normalized spacial score (nSPS) is 19.4. The molecule has 4 nitrogen and oxygen atoms in total. The van der Waals surface area contributed by atoms with Gasteiger partial charge in [0.05, 0.1) is 6.10 Å². The van der Waals surface area contributed by atoms with Gasteiger partial charge < -0.3 is 9.52 Å². The maximum atomic E-state index is 12.2. The molecule has 4 heteroatoms. The molecule has 25 heavy (non-hydrogen) atoms. The summed E-state index contributed by atoms with van der Waals surface area (Å²) in [5.74, 6) is -0.0350. The fraction of sp³-hybridized carbons (Fsp3) is 0.238. The Morgan fingerprint density at radius 3 is 2.76 bits per heavy atom. The van der Waals surface area contributed by atoms with Crippen LogP contribution in [0.4, 0.5) is 0 Å². The van der Waals surface area contributed by atoms with Gasteiger partial charge in [-0.1, -0.05) is 42.5 Å². The molecule has 0 spiro atoms. The van der Waals surface area contributed by atoms with E-state index in [-0.39, 0.29) is 11.5 Å². The van der Waals surface area contributed by atoms with Crippen molar-refractivity contribution >= 4 is 11.0 Å². The number of aliphatic hydroxyl groups is 1. The van der Waals surface area contributed by atoms with Crippen molar-refractivity contribution in [3.05, 3.63) is 81.2 Å². The third-order valence-corrected chi connectivity index (χ3v) is 5.10. The minimum absolute atomic E-state index is 0.0350. The van der Waals surface area contributed by atoms with Crippen LogP contribution < -0.4 is 5.63 Å². The minimum atomic E-state index is -0.609. The fourth-order valence-electron chi connectivity index (χ4n) is 3.82. The summed E-state index contributed by atoms with van der Waals surface area (Å²) in [4.78, 5) is 12.2. The Morgan fingerprint density at radius 1 is 1.16 bits per heavy atom. The number of benzene rings is 2. The first-order valence-electron chi connectivity index (χ1n) is 8.39. The van der Waals surface area contributed by atoms with Crippen LogP contribution in [0.15, 0.2) is 57.7 Å². The fourth-order valence-corrected chi connectivity index (χ4v) is 3.82. The Labute approximate surface area is 145 Å². The first-order valence-corrected chi connectivity index (χ1v) is 8.39. The molecule has 1 aliphatic carbocycles. The van der Waals surface area contributed by atoms with Crippen molar-refractivity contribution in [1.82, 2.24) is 0 Å². The lowest BCUT2D eigenvalue weighted by Gasteiger charge is -2.30. The van der Waals surface area contributed by atoms with Gasteiger partial charge in [-0.05, 0) is 47.9 Å². The molecule has 0 saturated heterocycles. The zero-order valence-corrected chi connectivity index (χ0v) is 13.6. The quantitative estimate of drug-likeness (QED) is 0.729. The third-order valence-electron chi connectivity index (χ3n) is 5.10. The number of aryl methyl sites for hydroxylation is 1. The molecule has 1 aliphatic rings. The Hall–Kier alpha value is -2.90. The van der Waals surface area contributed by atoms with Gasteiger partial charge in [-0.3, -0.25) is 0 Å². The first-order chi connectivity index (χ1) is 12.2. The Bertz CT molecular complexity index is 1040. The predicted molar refractivity (Wildman–Crippen MR) is 94.1 cm³/mol. The molecule has 0 fully saturated rings. The zero-order chi connectivity index (χ0) is 17.4. The van der Waals surface area contributed by atoms with E-state index in [0.29, 0.717) is 17.6 Å². The Kier molecular flexibility index (Phi) is 3.87. The number of hydrogen-bond acceptors (Lipinski definition) is 4. The average molecular weight is 331 g/mol. The second-order valence-electron chi connectivity index (χ2n) is 6.50. The van der Waals surface area contributed by atoms with E-state index in [2.05, 4.69) is 0 Å². The summed E-state index contributed by atoms with van der Waals surface area (Å²) in [5, 5.41) is 21.0. The molecule has 124 valence electrons. The smallest absolute Gasteiger partial charge is 0.354 e. The van der Waals surface area contributed by atoms with E-state index < -0.39 is 11.7 Å². The monoisotopic (exact) mass is 331 g/mol. The second-order valence-corrected chi connectivity index (χ2v) is 6.50. The van der Waals surface area contributed by atoms with Gasteiger partial charge in [0.1, 0.15) is 17.2 Å². The molecule has 1 aromatic heterocycles. The molecule has 2 atom stereocenters. The highest BCUT2D eigenvalue weighted by atomic mass is 16.4. The van der Waals surface area contributed by atoms with Crippen molar-refractivity contribution in [2.75, 3.05) is 0 Å². The lowest BCUT2D eigenvalue weighted by Crippen LogP contribution is -2.23. The molecule has 0 amide bonds. The molecule has 0 radical (unpaired) electrons. The number of nitrogens with zero attached hydrogens (tertiary/aromatic N) is 1. The molecule has 1 heterocycles. The summed E-state index contributed by atoms with van der Waals surface area (Å²) in [6.45, 7) is 0. The van der Waals surface area contributed by atoms with Crippen LogP contribution in [0.25, 0.3) is 11.0 Å². The molecule has 1 N–H and O–H groups in total. The average Bonchev–Trinajstić information content (AvgIpc) is 2.64. The highest BCUT2D eigenvalue weighted by molar-refractivity contribution is 5.82. The van der Waals surface area contributed by atoms with Crippen LogP contribution in [0.3, 0.4) is 0 Å². The van der Waals surface area contributed by atoms with Crippen molar-refractivity contribution in [1.29, 1.82) is 5.26 Å². The van der Waals surface area contributed by atoms with Crippen LogP contribution >= 0.6 is 0 Å². The van der Waals surface area contributed by atoms with Crippen molar-refractivity contribution in [2.24, 2.45) is 5.92 Å². The van der Waals surface area contributed by atoms with Gasteiger partial charge in [-0.2, -0.15) is 5.26 Å². The van der Waals surface area contributed by atoms with Gasteiger partial charge in [-0.25, -0.2) is 4.79 Å². The van der Waals surface area contributed by atoms with Gasteiger partial charge in [0, 0.05) is 5.39 Å². The van der Waals surface area contributed by atoms with Crippen LogP contribution in [-0.4, -0.2) is 5.11 Å². The number of aliphatic hydroxyl groups excluding tert-OH is 1. The summed E-state index contributed by atoms with van der Waals surface area (Å²) in [6.07, 6.45) is 1.59. The number of nitriles is 1. The summed E-state index contributed by atoms with van der Waals surface area (Å²) in [5.41, 5.74) is 2.71. The molecular weight excluding hydrogens is 314 g/mol. The molecule has 2 aromatic carbocycles. The van der Waals surface area contributed by atoms with Gasteiger partial charge in [0.2, 0.25) is 0 Å². The van der Waals surface area contributed by atoms with Crippen LogP contribution in [-0.2, 0) is 12.8 Å². The van der Waals surface area contributed by atoms with E-state index >= 15 is 0 Å². The number of rotatable bonds is 2. The number of hydrogen-bond donors (Lipinski definition) is 1. The van der Waals surface area contributed by atoms with Crippen LogP contribution in [0.2, 0.25) is 0 Å². The SMILES string of the molecule is N#Cc1c(CC2CCc3ccccc3[C@H]2O)c2ccccc2oc1=O. The van der Waals surface area contributed by atoms with E-state index in [9.17, 15) is 15.2 Å². The summed E-state index contributed by atoms with van der Waals surface area (Å²) >= 11 is 0. The van der Waals surface area contributed by atoms with Crippen molar-refractivity contribution < 1.29 is 9.52 Å². The van der Waals surface area contributed by atoms with Crippen molar-refractivity contribution in [3.63, 3.8) is 0 Å². The lowest BCUT2D eigenvalue weighted by atomic mass is 9.78. The van der Waals surface area contributed by atoms with E-state index in [0.717, 1.165) is 23.8 Å². The van der Waals surface area contributed by atoms with E-state index in [4.69, 9.17) is 4.42 Å². The van der Waals surface area contributed by atoms with Crippen LogP contribution in [0.5, 0.6) is 0 Å².